The van der Waals surface area contributed by atoms with Crippen LogP contribution in [0.4, 0.5) is 5.69 Å². The molecule has 0 aliphatic carbocycles. The lowest BCUT2D eigenvalue weighted by molar-refractivity contribution is -0.112. The van der Waals surface area contributed by atoms with Crippen LogP contribution in [0.2, 0.25) is 10.0 Å². The van der Waals surface area contributed by atoms with E-state index in [-0.39, 0.29) is 5.57 Å². The molecule has 4 nitrogen and oxygen atoms in total. The summed E-state index contributed by atoms with van der Waals surface area (Å²) in [7, 11) is 1.57. The first-order chi connectivity index (χ1) is 11.0. The van der Waals surface area contributed by atoms with Gasteiger partial charge in [0.05, 0.1) is 17.2 Å². The Hall–Kier alpha value is -2.48. The highest BCUT2D eigenvalue weighted by atomic mass is 35.5. The SMILES string of the molecule is COc1ccc(C=C(C#N)C(=O)Nc2ccc(Cl)c(Cl)c2)cc1. The number of carbonyl (C=O) groups is 1. The second-order valence-corrected chi connectivity index (χ2v) is 5.34. The maximum absolute atomic E-state index is 12.2. The van der Waals surface area contributed by atoms with Gasteiger partial charge in [0.25, 0.3) is 5.91 Å². The Labute approximate surface area is 143 Å². The van der Waals surface area contributed by atoms with Crippen LogP contribution in [-0.4, -0.2) is 13.0 Å². The summed E-state index contributed by atoms with van der Waals surface area (Å²) in [5.74, 6) is 0.169. The molecule has 1 N–H and O–H groups in total. The molecule has 0 aromatic heterocycles. The van der Waals surface area contributed by atoms with Crippen molar-refractivity contribution >= 4 is 40.9 Å². The van der Waals surface area contributed by atoms with Crippen LogP contribution in [0.1, 0.15) is 5.56 Å². The fourth-order valence-electron chi connectivity index (χ4n) is 1.79. The largest absolute Gasteiger partial charge is 0.497 e. The molecule has 0 radical (unpaired) electrons. The van der Waals surface area contributed by atoms with Crippen LogP contribution in [0, 0.1) is 11.3 Å². The Kier molecular flexibility index (Phi) is 5.64. The summed E-state index contributed by atoms with van der Waals surface area (Å²) >= 11 is 11.7. The standard InChI is InChI=1S/C17H12Cl2N2O2/c1-23-14-5-2-11(3-6-14)8-12(10-20)17(22)21-13-4-7-15(18)16(19)9-13/h2-9H,1H3,(H,21,22). The van der Waals surface area contributed by atoms with Crippen molar-refractivity contribution in [1.82, 2.24) is 0 Å². The van der Waals surface area contributed by atoms with E-state index in [1.54, 1.807) is 43.5 Å². The summed E-state index contributed by atoms with van der Waals surface area (Å²) in [5, 5.41) is 12.5. The van der Waals surface area contributed by atoms with Crippen LogP contribution in [0.15, 0.2) is 48.0 Å². The number of methoxy groups -OCH3 is 1. The quantitative estimate of drug-likeness (QED) is 0.652. The van der Waals surface area contributed by atoms with E-state index < -0.39 is 5.91 Å². The fourth-order valence-corrected chi connectivity index (χ4v) is 2.09. The molecule has 2 rings (SSSR count). The molecule has 1 amide bonds. The molecule has 2 aromatic rings. The summed E-state index contributed by atoms with van der Waals surface area (Å²) < 4.78 is 5.06. The van der Waals surface area contributed by atoms with Gasteiger partial charge in [-0.15, -0.1) is 0 Å². The minimum Gasteiger partial charge on any atom is -0.497 e. The summed E-state index contributed by atoms with van der Waals surface area (Å²) in [6.07, 6.45) is 1.49. The molecular formula is C17H12Cl2N2O2. The van der Waals surface area contributed by atoms with Crippen LogP contribution < -0.4 is 10.1 Å². The topological polar surface area (TPSA) is 62.1 Å². The van der Waals surface area contributed by atoms with Crippen molar-refractivity contribution in [3.63, 3.8) is 0 Å². The first-order valence-corrected chi connectivity index (χ1v) is 7.31. The zero-order valence-electron chi connectivity index (χ0n) is 12.1. The molecule has 0 aliphatic rings. The second kappa shape index (κ2) is 7.68. The van der Waals surface area contributed by atoms with Gasteiger partial charge in [-0.3, -0.25) is 4.79 Å². The number of halogens is 2. The highest BCUT2D eigenvalue weighted by Crippen LogP contribution is 2.25. The van der Waals surface area contributed by atoms with Gasteiger partial charge in [-0.1, -0.05) is 35.3 Å². The Morgan fingerprint density at radius 2 is 1.87 bits per heavy atom. The van der Waals surface area contributed by atoms with E-state index in [2.05, 4.69) is 5.32 Å². The maximum atomic E-state index is 12.2. The van der Waals surface area contributed by atoms with E-state index in [9.17, 15) is 10.1 Å². The molecule has 0 spiro atoms. The van der Waals surface area contributed by atoms with Crippen molar-refractivity contribution in [2.75, 3.05) is 12.4 Å². The van der Waals surface area contributed by atoms with E-state index in [1.807, 2.05) is 6.07 Å². The number of nitrogens with zero attached hydrogens (tertiary/aromatic N) is 1. The molecule has 0 fully saturated rings. The maximum Gasteiger partial charge on any atom is 0.266 e. The Bertz CT molecular complexity index is 793. The van der Waals surface area contributed by atoms with Crippen LogP contribution in [0.3, 0.4) is 0 Å². The average Bonchev–Trinajstić information content (AvgIpc) is 2.56. The first kappa shape index (κ1) is 16.9. The van der Waals surface area contributed by atoms with Gasteiger partial charge in [0.2, 0.25) is 0 Å². The third-order valence-corrected chi connectivity index (χ3v) is 3.71. The van der Waals surface area contributed by atoms with Crippen LogP contribution in [0.5, 0.6) is 5.75 Å². The predicted octanol–water partition coefficient (Wildman–Crippen LogP) is 4.55. The Morgan fingerprint density at radius 3 is 2.43 bits per heavy atom. The monoisotopic (exact) mass is 346 g/mol. The molecule has 0 saturated heterocycles. The molecule has 0 bridgehead atoms. The third kappa shape index (κ3) is 4.49. The number of anilines is 1. The highest BCUT2D eigenvalue weighted by Gasteiger charge is 2.10. The van der Waals surface area contributed by atoms with Crippen molar-refractivity contribution < 1.29 is 9.53 Å². The summed E-state index contributed by atoms with van der Waals surface area (Å²) in [6, 6.07) is 13.6. The van der Waals surface area contributed by atoms with Gasteiger partial charge in [-0.2, -0.15) is 5.26 Å². The third-order valence-electron chi connectivity index (χ3n) is 2.97. The van der Waals surface area contributed by atoms with Crippen molar-refractivity contribution in [2.45, 2.75) is 0 Å². The summed E-state index contributed by atoms with van der Waals surface area (Å²) in [5.41, 5.74) is 1.15. The van der Waals surface area contributed by atoms with Crippen LogP contribution in [0.25, 0.3) is 6.08 Å². The van der Waals surface area contributed by atoms with Crippen LogP contribution in [-0.2, 0) is 4.79 Å². The van der Waals surface area contributed by atoms with Crippen molar-refractivity contribution in [3.8, 4) is 11.8 Å². The summed E-state index contributed by atoms with van der Waals surface area (Å²) in [6.45, 7) is 0. The van der Waals surface area contributed by atoms with Gasteiger partial charge in [0.1, 0.15) is 17.4 Å². The zero-order valence-corrected chi connectivity index (χ0v) is 13.7. The fraction of sp³-hybridized carbons (Fsp3) is 0.0588. The minimum absolute atomic E-state index is 0.0266. The Morgan fingerprint density at radius 1 is 1.17 bits per heavy atom. The van der Waals surface area contributed by atoms with E-state index in [0.29, 0.717) is 27.0 Å². The van der Waals surface area contributed by atoms with Gasteiger partial charge < -0.3 is 10.1 Å². The molecule has 0 heterocycles. The molecule has 116 valence electrons. The number of hydrogen-bond acceptors (Lipinski definition) is 3. The van der Waals surface area contributed by atoms with E-state index >= 15 is 0 Å². The van der Waals surface area contributed by atoms with Gasteiger partial charge in [0.15, 0.2) is 0 Å². The minimum atomic E-state index is -0.526. The average molecular weight is 347 g/mol. The van der Waals surface area contributed by atoms with E-state index in [1.165, 1.54) is 12.1 Å². The number of nitrogens with one attached hydrogen (secondary N) is 1. The lowest BCUT2D eigenvalue weighted by atomic mass is 10.1. The highest BCUT2D eigenvalue weighted by molar-refractivity contribution is 6.42. The number of benzene rings is 2. The normalized spacial score (nSPS) is 10.8. The second-order valence-electron chi connectivity index (χ2n) is 4.53. The number of hydrogen-bond donors (Lipinski definition) is 1. The van der Waals surface area contributed by atoms with Gasteiger partial charge >= 0.3 is 0 Å². The van der Waals surface area contributed by atoms with Crippen molar-refractivity contribution in [2.24, 2.45) is 0 Å². The zero-order chi connectivity index (χ0) is 16.8. The molecule has 0 saturated carbocycles. The number of carbonyl (C=O) groups excluding carboxylic acids is 1. The smallest absolute Gasteiger partial charge is 0.266 e. The molecule has 23 heavy (non-hydrogen) atoms. The summed E-state index contributed by atoms with van der Waals surface area (Å²) in [4.78, 5) is 12.2. The molecule has 0 unspecified atom stereocenters. The van der Waals surface area contributed by atoms with E-state index in [4.69, 9.17) is 27.9 Å². The number of amides is 1. The molecule has 0 atom stereocenters. The van der Waals surface area contributed by atoms with E-state index in [0.717, 1.165) is 0 Å². The van der Waals surface area contributed by atoms with Gasteiger partial charge in [-0.05, 0) is 42.0 Å². The molecular weight excluding hydrogens is 335 g/mol. The lowest BCUT2D eigenvalue weighted by Gasteiger charge is -2.06. The van der Waals surface area contributed by atoms with Gasteiger partial charge in [-0.25, -0.2) is 0 Å². The number of rotatable bonds is 4. The lowest BCUT2D eigenvalue weighted by Crippen LogP contribution is -2.13. The first-order valence-electron chi connectivity index (χ1n) is 6.55. The predicted molar refractivity (Wildman–Crippen MR) is 91.7 cm³/mol. The molecule has 6 heteroatoms. The number of ether oxygens (including phenoxy) is 1. The van der Waals surface area contributed by atoms with Crippen molar-refractivity contribution in [1.29, 1.82) is 5.26 Å². The molecule has 2 aromatic carbocycles. The van der Waals surface area contributed by atoms with Crippen molar-refractivity contribution in [3.05, 3.63) is 63.6 Å². The van der Waals surface area contributed by atoms with Crippen LogP contribution >= 0.6 is 23.2 Å². The van der Waals surface area contributed by atoms with Gasteiger partial charge in [0, 0.05) is 5.69 Å². The number of nitriles is 1. The Balaban J connectivity index is 2.18. The molecule has 0 aliphatic heterocycles.